The number of aromatic nitrogens is 1. The van der Waals surface area contributed by atoms with E-state index in [4.69, 9.17) is 0 Å². The van der Waals surface area contributed by atoms with E-state index in [-0.39, 0.29) is 18.1 Å². The van der Waals surface area contributed by atoms with Crippen molar-refractivity contribution in [2.75, 3.05) is 12.0 Å². The predicted octanol–water partition coefficient (Wildman–Crippen LogP) is 2.90. The van der Waals surface area contributed by atoms with Crippen LogP contribution in [0.5, 0.6) is 0 Å². The van der Waals surface area contributed by atoms with Crippen molar-refractivity contribution in [3.05, 3.63) is 53.3 Å². The van der Waals surface area contributed by atoms with Crippen molar-refractivity contribution in [2.45, 2.75) is 0 Å². The van der Waals surface area contributed by atoms with Crippen molar-refractivity contribution < 1.29 is 14.0 Å². The number of halogens is 1. The highest BCUT2D eigenvalue weighted by Gasteiger charge is 2.23. The molecule has 1 aromatic heterocycles. The highest BCUT2D eigenvalue weighted by molar-refractivity contribution is 6.15. The Balaban J connectivity index is 2.05. The van der Waals surface area contributed by atoms with E-state index in [1.54, 1.807) is 18.2 Å². The summed E-state index contributed by atoms with van der Waals surface area (Å²) in [6, 6.07) is 9.67. The molecule has 0 radical (unpaired) electrons. The van der Waals surface area contributed by atoms with Crippen molar-refractivity contribution in [1.82, 2.24) is 10.3 Å². The molecule has 4 rings (SSSR count). The average molecular weight is 309 g/mol. The van der Waals surface area contributed by atoms with Crippen molar-refractivity contribution in [3.8, 4) is 11.3 Å². The quantitative estimate of drug-likeness (QED) is 0.637. The summed E-state index contributed by atoms with van der Waals surface area (Å²) in [6.45, 7) is 0.239. The maximum absolute atomic E-state index is 13.8. The van der Waals surface area contributed by atoms with Crippen LogP contribution in [0.15, 0.2) is 36.4 Å². The minimum atomic E-state index is -0.481. The Morgan fingerprint density at radius 2 is 2.00 bits per heavy atom. The van der Waals surface area contributed by atoms with E-state index in [0.717, 1.165) is 17.5 Å². The Morgan fingerprint density at radius 1 is 1.13 bits per heavy atom. The molecule has 0 saturated carbocycles. The summed E-state index contributed by atoms with van der Waals surface area (Å²) in [5, 5.41) is 6.48. The number of H-pyrrole nitrogens is 1. The van der Waals surface area contributed by atoms with E-state index in [9.17, 15) is 14.0 Å². The summed E-state index contributed by atoms with van der Waals surface area (Å²) in [6.07, 6.45) is 0.771. The van der Waals surface area contributed by atoms with Crippen molar-refractivity contribution in [2.24, 2.45) is 0 Å². The summed E-state index contributed by atoms with van der Waals surface area (Å²) >= 11 is 0. The summed E-state index contributed by atoms with van der Waals surface area (Å²) in [5.74, 6) is -0.807. The van der Waals surface area contributed by atoms with Gasteiger partial charge in [-0.1, -0.05) is 18.2 Å². The third kappa shape index (κ3) is 2.07. The molecule has 2 aromatic carbocycles. The molecule has 3 aromatic rings. The normalized spacial score (nSPS) is 13.3. The molecule has 5 nitrogen and oxygen atoms in total. The summed E-state index contributed by atoms with van der Waals surface area (Å²) < 4.78 is 13.8. The fourth-order valence-electron chi connectivity index (χ4n) is 2.94. The van der Waals surface area contributed by atoms with Crippen LogP contribution in [-0.2, 0) is 0 Å². The highest BCUT2D eigenvalue weighted by atomic mass is 19.1. The monoisotopic (exact) mass is 309 g/mol. The SMILES string of the molecule is O=Cc1cccc(-c2[nH]c3cc(F)cc4c3c2NCNC4=O)c1. The lowest BCUT2D eigenvalue weighted by atomic mass is 10.0. The van der Waals surface area contributed by atoms with Crippen LogP contribution in [0.3, 0.4) is 0 Å². The van der Waals surface area contributed by atoms with Gasteiger partial charge in [0, 0.05) is 16.5 Å². The zero-order chi connectivity index (χ0) is 16.0. The van der Waals surface area contributed by atoms with E-state index < -0.39 is 5.82 Å². The Labute approximate surface area is 130 Å². The molecule has 1 aliphatic rings. The lowest BCUT2D eigenvalue weighted by Gasteiger charge is -2.07. The first-order chi connectivity index (χ1) is 11.2. The number of hydrogen-bond acceptors (Lipinski definition) is 3. The summed E-state index contributed by atoms with van der Waals surface area (Å²) in [7, 11) is 0. The van der Waals surface area contributed by atoms with Gasteiger partial charge < -0.3 is 15.6 Å². The fraction of sp³-hybridized carbons (Fsp3) is 0.0588. The van der Waals surface area contributed by atoms with E-state index >= 15 is 0 Å². The molecule has 1 aliphatic heterocycles. The first-order valence-electron chi connectivity index (χ1n) is 7.10. The van der Waals surface area contributed by atoms with Gasteiger partial charge in [-0.05, 0) is 18.2 Å². The van der Waals surface area contributed by atoms with Gasteiger partial charge in [-0.15, -0.1) is 0 Å². The Hall–Kier alpha value is -3.15. The maximum Gasteiger partial charge on any atom is 0.253 e. The van der Waals surface area contributed by atoms with Crippen LogP contribution in [-0.4, -0.2) is 23.8 Å². The smallest absolute Gasteiger partial charge is 0.253 e. The lowest BCUT2D eigenvalue weighted by Crippen LogP contribution is -2.26. The van der Waals surface area contributed by atoms with E-state index in [0.29, 0.717) is 22.2 Å². The van der Waals surface area contributed by atoms with Gasteiger partial charge in [0.05, 0.1) is 29.1 Å². The summed E-state index contributed by atoms with van der Waals surface area (Å²) in [5.41, 5.74) is 3.58. The Kier molecular flexibility index (Phi) is 2.90. The molecule has 0 unspecified atom stereocenters. The standard InChI is InChI=1S/C17H12FN3O2/c18-11-5-12-14-13(6-11)21-15(16(14)19-8-20-17(12)23)10-3-1-2-9(4-10)7-22/h1-7,19,21H,8H2,(H,20,23). The minimum Gasteiger partial charge on any atom is -0.366 e. The molecule has 0 atom stereocenters. The van der Waals surface area contributed by atoms with Crippen LogP contribution in [0.4, 0.5) is 10.1 Å². The summed E-state index contributed by atoms with van der Waals surface area (Å²) in [4.78, 5) is 26.3. The van der Waals surface area contributed by atoms with Gasteiger partial charge >= 0.3 is 0 Å². The van der Waals surface area contributed by atoms with Crippen molar-refractivity contribution in [3.63, 3.8) is 0 Å². The van der Waals surface area contributed by atoms with Crippen LogP contribution < -0.4 is 10.6 Å². The average Bonchev–Trinajstić information content (AvgIpc) is 2.83. The first-order valence-corrected chi connectivity index (χ1v) is 7.10. The molecule has 1 amide bonds. The molecule has 0 fully saturated rings. The second kappa shape index (κ2) is 4.95. The van der Waals surface area contributed by atoms with E-state index in [2.05, 4.69) is 15.6 Å². The van der Waals surface area contributed by atoms with Gasteiger partial charge in [0.1, 0.15) is 12.1 Å². The van der Waals surface area contributed by atoms with Crippen molar-refractivity contribution in [1.29, 1.82) is 0 Å². The van der Waals surface area contributed by atoms with Crippen LogP contribution >= 0.6 is 0 Å². The lowest BCUT2D eigenvalue weighted by molar-refractivity contribution is 0.0958. The van der Waals surface area contributed by atoms with E-state index in [1.165, 1.54) is 12.1 Å². The molecule has 0 bridgehead atoms. The third-order valence-electron chi connectivity index (χ3n) is 3.93. The number of aromatic amines is 1. The number of benzene rings is 2. The van der Waals surface area contributed by atoms with Crippen LogP contribution in [0.25, 0.3) is 22.2 Å². The van der Waals surface area contributed by atoms with Crippen LogP contribution in [0, 0.1) is 5.82 Å². The number of nitrogens with one attached hydrogen (secondary N) is 3. The van der Waals surface area contributed by atoms with Crippen LogP contribution in [0.1, 0.15) is 20.7 Å². The fourth-order valence-corrected chi connectivity index (χ4v) is 2.94. The van der Waals surface area contributed by atoms with Gasteiger partial charge in [-0.3, -0.25) is 9.59 Å². The van der Waals surface area contributed by atoms with Gasteiger partial charge in [-0.2, -0.15) is 0 Å². The third-order valence-corrected chi connectivity index (χ3v) is 3.93. The van der Waals surface area contributed by atoms with Gasteiger partial charge in [0.25, 0.3) is 5.91 Å². The Morgan fingerprint density at radius 3 is 2.83 bits per heavy atom. The minimum absolute atomic E-state index is 0.239. The predicted molar refractivity (Wildman–Crippen MR) is 85.0 cm³/mol. The number of hydrogen-bond donors (Lipinski definition) is 3. The first kappa shape index (κ1) is 13.5. The largest absolute Gasteiger partial charge is 0.366 e. The number of carbonyl (C=O) groups excluding carboxylic acids is 2. The molecule has 114 valence electrons. The molecular weight excluding hydrogens is 297 g/mol. The number of rotatable bonds is 2. The zero-order valence-electron chi connectivity index (χ0n) is 11.9. The second-order valence-corrected chi connectivity index (χ2v) is 5.35. The highest BCUT2D eigenvalue weighted by Crippen LogP contribution is 2.38. The molecular formula is C17H12FN3O2. The molecule has 0 saturated heterocycles. The molecule has 3 N–H and O–H groups in total. The van der Waals surface area contributed by atoms with Gasteiger partial charge in [0.15, 0.2) is 0 Å². The van der Waals surface area contributed by atoms with Crippen LogP contribution in [0.2, 0.25) is 0 Å². The van der Waals surface area contributed by atoms with Gasteiger partial charge in [0.2, 0.25) is 0 Å². The maximum atomic E-state index is 13.8. The molecule has 0 spiro atoms. The number of carbonyl (C=O) groups is 2. The molecule has 6 heteroatoms. The Bertz CT molecular complexity index is 962. The second-order valence-electron chi connectivity index (χ2n) is 5.35. The number of aldehydes is 1. The number of amides is 1. The number of anilines is 1. The topological polar surface area (TPSA) is 74.0 Å². The molecule has 23 heavy (non-hydrogen) atoms. The molecule has 2 heterocycles. The van der Waals surface area contributed by atoms with Gasteiger partial charge in [-0.25, -0.2) is 4.39 Å². The zero-order valence-corrected chi connectivity index (χ0v) is 11.9. The molecule has 0 aliphatic carbocycles. The van der Waals surface area contributed by atoms with E-state index in [1.807, 2.05) is 6.07 Å². The van der Waals surface area contributed by atoms with Crippen molar-refractivity contribution >= 4 is 28.8 Å².